The minimum absolute atomic E-state index is 0.0810. The quantitative estimate of drug-likeness (QED) is 0.905. The maximum absolute atomic E-state index is 12.3. The summed E-state index contributed by atoms with van der Waals surface area (Å²) in [5, 5.41) is 3.35. The number of ether oxygens (including phenoxy) is 2. The van der Waals surface area contributed by atoms with Crippen molar-refractivity contribution in [2.45, 2.75) is 25.2 Å². The van der Waals surface area contributed by atoms with Gasteiger partial charge in [-0.05, 0) is 6.92 Å². The highest BCUT2D eigenvalue weighted by molar-refractivity contribution is 5.49. The zero-order valence-electron chi connectivity index (χ0n) is 11.2. The molecule has 1 N–H and O–H groups in total. The maximum atomic E-state index is 12.3. The molecular weight excluding hydrogens is 268 g/mol. The average molecular weight is 285 g/mol. The molecular formula is C13H17F2N3O2. The maximum Gasteiger partial charge on any atom is 0.387 e. The summed E-state index contributed by atoms with van der Waals surface area (Å²) in [6.07, 6.45) is 3.05. The van der Waals surface area contributed by atoms with Crippen LogP contribution in [0.1, 0.15) is 6.92 Å². The van der Waals surface area contributed by atoms with Gasteiger partial charge in [-0.2, -0.15) is 8.78 Å². The third-order valence-corrected chi connectivity index (χ3v) is 3.56. The van der Waals surface area contributed by atoms with Crippen molar-refractivity contribution in [1.29, 1.82) is 0 Å². The average Bonchev–Trinajstić information content (AvgIpc) is 2.36. The zero-order valence-corrected chi connectivity index (χ0v) is 11.2. The Kier molecular flexibility index (Phi) is 3.47. The first kappa shape index (κ1) is 13.5. The van der Waals surface area contributed by atoms with Gasteiger partial charge >= 0.3 is 6.61 Å². The lowest BCUT2D eigenvalue weighted by Crippen LogP contribution is -2.64. The molecule has 2 saturated heterocycles. The molecule has 3 heterocycles. The summed E-state index contributed by atoms with van der Waals surface area (Å²) >= 11 is 0. The Labute approximate surface area is 115 Å². The molecule has 0 aliphatic carbocycles. The topological polar surface area (TPSA) is 46.6 Å². The van der Waals surface area contributed by atoms with Gasteiger partial charge in [0.25, 0.3) is 0 Å². The van der Waals surface area contributed by atoms with Crippen molar-refractivity contribution in [3.63, 3.8) is 0 Å². The number of fused-ring (bicyclic) bond motifs is 2. The second kappa shape index (κ2) is 5.14. The Hall–Kier alpha value is -1.47. The van der Waals surface area contributed by atoms with E-state index in [1.165, 1.54) is 6.20 Å². The standard InChI is InChI=1S/C13H17F2N3O2/c1-13-7-17-5-11(20-13)6-18(8-13)9-2-10(4-16-3-9)19-12(14)15/h2-4,11-12,17H,5-8H2,1H3. The first-order valence-corrected chi connectivity index (χ1v) is 6.57. The van der Waals surface area contributed by atoms with Crippen molar-refractivity contribution >= 4 is 5.69 Å². The molecule has 0 spiro atoms. The van der Waals surface area contributed by atoms with Gasteiger partial charge in [0.15, 0.2) is 0 Å². The number of pyridine rings is 1. The summed E-state index contributed by atoms with van der Waals surface area (Å²) in [6, 6.07) is 1.59. The van der Waals surface area contributed by atoms with Crippen LogP contribution in [0, 0.1) is 0 Å². The van der Waals surface area contributed by atoms with Crippen molar-refractivity contribution in [2.24, 2.45) is 0 Å². The Morgan fingerprint density at radius 3 is 3.15 bits per heavy atom. The van der Waals surface area contributed by atoms with Gasteiger partial charge in [-0.15, -0.1) is 0 Å². The van der Waals surface area contributed by atoms with Crippen LogP contribution in [0.3, 0.4) is 0 Å². The summed E-state index contributed by atoms with van der Waals surface area (Å²) < 4.78 is 34.9. The van der Waals surface area contributed by atoms with Crippen LogP contribution in [0.25, 0.3) is 0 Å². The number of aromatic nitrogens is 1. The van der Waals surface area contributed by atoms with Gasteiger partial charge in [0.2, 0.25) is 0 Å². The molecule has 1 aromatic rings. The van der Waals surface area contributed by atoms with Crippen molar-refractivity contribution in [2.75, 3.05) is 31.1 Å². The van der Waals surface area contributed by atoms with E-state index in [4.69, 9.17) is 4.74 Å². The van der Waals surface area contributed by atoms with E-state index in [1.54, 1.807) is 12.3 Å². The molecule has 7 heteroatoms. The summed E-state index contributed by atoms with van der Waals surface area (Å²) in [4.78, 5) is 6.08. The fourth-order valence-corrected chi connectivity index (χ4v) is 2.84. The molecule has 0 radical (unpaired) electrons. The summed E-state index contributed by atoms with van der Waals surface area (Å²) in [7, 11) is 0. The Balaban J connectivity index is 1.78. The molecule has 2 bridgehead atoms. The highest BCUT2D eigenvalue weighted by Crippen LogP contribution is 2.29. The first-order valence-electron chi connectivity index (χ1n) is 6.57. The molecule has 0 amide bonds. The van der Waals surface area contributed by atoms with Crippen LogP contribution in [-0.2, 0) is 4.74 Å². The van der Waals surface area contributed by atoms with Gasteiger partial charge in [-0.25, -0.2) is 0 Å². The second-order valence-corrected chi connectivity index (χ2v) is 5.46. The fourth-order valence-electron chi connectivity index (χ4n) is 2.84. The Bertz CT molecular complexity index is 488. The van der Waals surface area contributed by atoms with E-state index in [0.717, 1.165) is 18.8 Å². The Morgan fingerprint density at radius 2 is 2.40 bits per heavy atom. The number of morpholine rings is 2. The van der Waals surface area contributed by atoms with Crippen LogP contribution in [0.15, 0.2) is 18.5 Å². The zero-order chi connectivity index (χ0) is 14.2. The number of halogens is 2. The van der Waals surface area contributed by atoms with Crippen LogP contribution in [0.2, 0.25) is 0 Å². The number of nitrogens with zero attached hydrogens (tertiary/aromatic N) is 2. The predicted octanol–water partition coefficient (Wildman–Crippen LogP) is 1.25. The van der Waals surface area contributed by atoms with Gasteiger partial charge in [0.1, 0.15) is 5.75 Å². The molecule has 2 unspecified atom stereocenters. The lowest BCUT2D eigenvalue weighted by Gasteiger charge is -2.49. The number of anilines is 1. The third kappa shape index (κ3) is 2.83. The van der Waals surface area contributed by atoms with Crippen LogP contribution in [0.5, 0.6) is 5.75 Å². The molecule has 0 aromatic carbocycles. The normalized spacial score (nSPS) is 29.6. The van der Waals surface area contributed by atoms with E-state index >= 15 is 0 Å². The number of alkyl halides is 2. The summed E-state index contributed by atoms with van der Waals surface area (Å²) in [5.74, 6) is 0.0810. The first-order chi connectivity index (χ1) is 9.54. The molecule has 2 aliphatic rings. The van der Waals surface area contributed by atoms with E-state index < -0.39 is 6.61 Å². The van der Waals surface area contributed by atoms with Gasteiger partial charge in [-0.3, -0.25) is 4.98 Å². The lowest BCUT2D eigenvalue weighted by molar-refractivity contribution is -0.115. The minimum Gasteiger partial charge on any atom is -0.433 e. The third-order valence-electron chi connectivity index (χ3n) is 3.56. The lowest BCUT2D eigenvalue weighted by atomic mass is 9.99. The fraction of sp³-hybridized carbons (Fsp3) is 0.615. The number of hydrogen-bond donors (Lipinski definition) is 1. The molecule has 20 heavy (non-hydrogen) atoms. The second-order valence-electron chi connectivity index (χ2n) is 5.46. The van der Waals surface area contributed by atoms with Crippen LogP contribution < -0.4 is 15.0 Å². The molecule has 2 aliphatic heterocycles. The van der Waals surface area contributed by atoms with E-state index in [2.05, 4.69) is 19.9 Å². The van der Waals surface area contributed by atoms with Gasteiger partial charge in [0.05, 0.1) is 29.8 Å². The van der Waals surface area contributed by atoms with E-state index in [0.29, 0.717) is 13.1 Å². The highest BCUT2D eigenvalue weighted by Gasteiger charge is 2.40. The number of hydrogen-bond acceptors (Lipinski definition) is 5. The minimum atomic E-state index is -2.84. The van der Waals surface area contributed by atoms with Crippen LogP contribution >= 0.6 is 0 Å². The van der Waals surface area contributed by atoms with E-state index in [9.17, 15) is 8.78 Å². The summed E-state index contributed by atoms with van der Waals surface area (Å²) in [5.41, 5.74) is 0.519. The van der Waals surface area contributed by atoms with Gasteiger partial charge in [0, 0.05) is 32.2 Å². The van der Waals surface area contributed by atoms with E-state index in [1.807, 2.05) is 6.92 Å². The molecule has 1 aromatic heterocycles. The molecule has 2 fully saturated rings. The molecule has 5 nitrogen and oxygen atoms in total. The predicted molar refractivity (Wildman–Crippen MR) is 69.2 cm³/mol. The Morgan fingerprint density at radius 1 is 1.55 bits per heavy atom. The molecule has 3 rings (SSSR count). The smallest absolute Gasteiger partial charge is 0.387 e. The number of nitrogens with one attached hydrogen (secondary N) is 1. The van der Waals surface area contributed by atoms with Crippen LogP contribution in [-0.4, -0.2) is 49.5 Å². The van der Waals surface area contributed by atoms with Gasteiger partial charge < -0.3 is 19.7 Å². The molecule has 110 valence electrons. The molecule has 0 saturated carbocycles. The molecule has 2 atom stereocenters. The largest absolute Gasteiger partial charge is 0.433 e. The van der Waals surface area contributed by atoms with Crippen LogP contribution in [0.4, 0.5) is 14.5 Å². The van der Waals surface area contributed by atoms with Crippen molar-refractivity contribution < 1.29 is 18.3 Å². The van der Waals surface area contributed by atoms with Crippen molar-refractivity contribution in [3.8, 4) is 5.75 Å². The highest BCUT2D eigenvalue weighted by atomic mass is 19.3. The number of rotatable bonds is 3. The summed E-state index contributed by atoms with van der Waals surface area (Å²) in [6.45, 7) is 2.19. The monoisotopic (exact) mass is 285 g/mol. The van der Waals surface area contributed by atoms with Gasteiger partial charge in [-0.1, -0.05) is 0 Å². The van der Waals surface area contributed by atoms with E-state index in [-0.39, 0.29) is 17.5 Å². The van der Waals surface area contributed by atoms with Crippen molar-refractivity contribution in [3.05, 3.63) is 18.5 Å². The SMILES string of the molecule is CC12CNCC(CN(c3cncc(OC(F)F)c3)C1)O2. The van der Waals surface area contributed by atoms with Crippen molar-refractivity contribution in [1.82, 2.24) is 10.3 Å².